The Labute approximate surface area is 163 Å². The summed E-state index contributed by atoms with van der Waals surface area (Å²) in [5.41, 5.74) is 5.13. The van der Waals surface area contributed by atoms with Crippen molar-refractivity contribution in [1.29, 1.82) is 0 Å². The van der Waals surface area contributed by atoms with Gasteiger partial charge in [-0.1, -0.05) is 6.07 Å². The second-order valence-electron chi connectivity index (χ2n) is 7.64. The molecule has 1 aromatic carbocycles. The molecule has 0 radical (unpaired) electrons. The van der Waals surface area contributed by atoms with Crippen LogP contribution in [0.5, 0.6) is 5.75 Å². The van der Waals surface area contributed by atoms with E-state index < -0.39 is 0 Å². The van der Waals surface area contributed by atoms with E-state index in [4.69, 9.17) is 9.72 Å². The van der Waals surface area contributed by atoms with Crippen LogP contribution in [0, 0.1) is 12.7 Å². The molecule has 0 atom stereocenters. The van der Waals surface area contributed by atoms with Crippen molar-refractivity contribution in [3.63, 3.8) is 0 Å². The van der Waals surface area contributed by atoms with Crippen LogP contribution < -0.4 is 9.64 Å². The quantitative estimate of drug-likeness (QED) is 0.684. The number of pyridine rings is 1. The molecule has 2 aliphatic rings. The summed E-state index contributed by atoms with van der Waals surface area (Å²) < 4.78 is 22.9. The Morgan fingerprint density at radius 2 is 1.96 bits per heavy atom. The van der Waals surface area contributed by atoms with E-state index >= 15 is 0 Å². The number of likely N-dealkylation sites (N-methyl/N-ethyl adjacent to an activating group) is 1. The minimum atomic E-state index is -0.247. The van der Waals surface area contributed by atoms with Crippen molar-refractivity contribution in [3.8, 4) is 5.75 Å². The minimum absolute atomic E-state index is 0.247. The number of rotatable bonds is 2. The Morgan fingerprint density at radius 3 is 2.75 bits per heavy atom. The molecule has 0 spiro atoms. The predicted molar refractivity (Wildman–Crippen MR) is 109 cm³/mol. The standard InChI is InChI=1S/C22H23FN4O/c1-15-4-3-5-27-13-20(24-22(15)27)16-10-18-19(23)11-17(12-21(18)28-14-16)26-8-6-25(2)7-9-26/h3-5,10-13H,6-9,14H2,1-2H3. The lowest BCUT2D eigenvalue weighted by Gasteiger charge is -2.34. The molecule has 28 heavy (non-hydrogen) atoms. The highest BCUT2D eigenvalue weighted by Crippen LogP contribution is 2.36. The van der Waals surface area contributed by atoms with Crippen LogP contribution in [0.3, 0.4) is 0 Å². The second-order valence-corrected chi connectivity index (χ2v) is 7.64. The molecule has 1 saturated heterocycles. The molecule has 2 aliphatic heterocycles. The van der Waals surface area contributed by atoms with E-state index in [2.05, 4.69) is 16.8 Å². The van der Waals surface area contributed by atoms with Crippen molar-refractivity contribution in [2.45, 2.75) is 6.92 Å². The molecule has 0 bridgehead atoms. The Bertz CT molecular complexity index is 1080. The van der Waals surface area contributed by atoms with Crippen LogP contribution in [0.2, 0.25) is 0 Å². The molecule has 5 nitrogen and oxygen atoms in total. The van der Waals surface area contributed by atoms with Crippen LogP contribution in [0.1, 0.15) is 16.8 Å². The first-order chi connectivity index (χ1) is 13.6. The van der Waals surface area contributed by atoms with E-state index in [0.717, 1.165) is 54.3 Å². The van der Waals surface area contributed by atoms with E-state index in [0.29, 0.717) is 17.9 Å². The maximum Gasteiger partial charge on any atom is 0.140 e. The van der Waals surface area contributed by atoms with Crippen molar-refractivity contribution in [2.75, 3.05) is 44.7 Å². The lowest BCUT2D eigenvalue weighted by molar-refractivity contribution is 0.312. The highest BCUT2D eigenvalue weighted by molar-refractivity contribution is 5.86. The summed E-state index contributed by atoms with van der Waals surface area (Å²) in [6, 6.07) is 7.62. The number of benzene rings is 1. The SMILES string of the molecule is Cc1cccn2cc(C3=Cc4c(F)cc(N5CCN(C)CC5)cc4OC3)nc12. The summed E-state index contributed by atoms with van der Waals surface area (Å²) in [7, 11) is 2.11. The molecule has 0 amide bonds. The maximum absolute atomic E-state index is 14.9. The van der Waals surface area contributed by atoms with Crippen LogP contribution in [0.25, 0.3) is 17.3 Å². The van der Waals surface area contributed by atoms with Gasteiger partial charge < -0.3 is 18.9 Å². The van der Waals surface area contributed by atoms with Gasteiger partial charge in [0.2, 0.25) is 0 Å². The fourth-order valence-electron chi connectivity index (χ4n) is 3.91. The first-order valence-corrected chi connectivity index (χ1v) is 9.63. The Kier molecular flexibility index (Phi) is 4.09. The molecule has 144 valence electrons. The van der Waals surface area contributed by atoms with Gasteiger partial charge in [-0.3, -0.25) is 0 Å². The van der Waals surface area contributed by atoms with Gasteiger partial charge in [0.05, 0.1) is 11.3 Å². The molecular formula is C22H23FN4O. The number of nitrogens with zero attached hydrogens (tertiary/aromatic N) is 4. The monoisotopic (exact) mass is 378 g/mol. The van der Waals surface area contributed by atoms with Gasteiger partial charge in [-0.2, -0.15) is 0 Å². The lowest BCUT2D eigenvalue weighted by Crippen LogP contribution is -2.44. The van der Waals surface area contributed by atoms with E-state index in [9.17, 15) is 4.39 Å². The first-order valence-electron chi connectivity index (χ1n) is 9.63. The van der Waals surface area contributed by atoms with Gasteiger partial charge in [-0.15, -0.1) is 0 Å². The molecule has 6 heteroatoms. The third-order valence-corrected chi connectivity index (χ3v) is 5.65. The number of hydrogen-bond donors (Lipinski definition) is 0. The smallest absolute Gasteiger partial charge is 0.140 e. The van der Waals surface area contributed by atoms with E-state index in [-0.39, 0.29) is 5.82 Å². The van der Waals surface area contributed by atoms with Crippen LogP contribution in [-0.4, -0.2) is 54.1 Å². The Hall–Kier alpha value is -2.86. The van der Waals surface area contributed by atoms with Crippen molar-refractivity contribution >= 4 is 23.0 Å². The summed E-state index contributed by atoms with van der Waals surface area (Å²) >= 11 is 0. The highest BCUT2D eigenvalue weighted by Gasteiger charge is 2.22. The molecule has 0 unspecified atom stereocenters. The third-order valence-electron chi connectivity index (χ3n) is 5.65. The summed E-state index contributed by atoms with van der Waals surface area (Å²) in [4.78, 5) is 9.22. The molecular weight excluding hydrogens is 355 g/mol. The topological polar surface area (TPSA) is 33.0 Å². The zero-order valence-electron chi connectivity index (χ0n) is 16.2. The molecule has 3 aromatic rings. The third kappa shape index (κ3) is 2.94. The van der Waals surface area contributed by atoms with Gasteiger partial charge in [-0.05, 0) is 37.7 Å². The number of piperazine rings is 1. The molecule has 5 rings (SSSR count). The average Bonchev–Trinajstić information content (AvgIpc) is 3.14. The summed E-state index contributed by atoms with van der Waals surface area (Å²) in [6.45, 7) is 6.19. The molecule has 0 N–H and O–H groups in total. The number of ether oxygens (including phenoxy) is 1. The minimum Gasteiger partial charge on any atom is -0.488 e. The Balaban J connectivity index is 1.49. The Morgan fingerprint density at radius 1 is 1.14 bits per heavy atom. The first kappa shape index (κ1) is 17.3. The number of halogens is 1. The second kappa shape index (κ2) is 6.63. The van der Waals surface area contributed by atoms with E-state index in [1.807, 2.05) is 48.0 Å². The fourth-order valence-corrected chi connectivity index (χ4v) is 3.91. The number of imidazole rings is 1. The van der Waals surface area contributed by atoms with Gasteiger partial charge in [0.15, 0.2) is 0 Å². The number of fused-ring (bicyclic) bond motifs is 2. The number of aryl methyl sites for hydroxylation is 1. The zero-order valence-corrected chi connectivity index (χ0v) is 16.2. The van der Waals surface area contributed by atoms with E-state index in [1.54, 1.807) is 6.07 Å². The summed E-state index contributed by atoms with van der Waals surface area (Å²) in [5.74, 6) is 0.362. The number of aromatic nitrogens is 2. The maximum atomic E-state index is 14.9. The zero-order chi connectivity index (χ0) is 19.3. The molecule has 0 aliphatic carbocycles. The van der Waals surface area contributed by atoms with Gasteiger partial charge in [0.1, 0.15) is 23.8 Å². The number of anilines is 1. The highest BCUT2D eigenvalue weighted by atomic mass is 19.1. The van der Waals surface area contributed by atoms with Gasteiger partial charge in [0.25, 0.3) is 0 Å². The molecule has 0 saturated carbocycles. The molecule has 4 heterocycles. The number of hydrogen-bond acceptors (Lipinski definition) is 4. The van der Waals surface area contributed by atoms with Gasteiger partial charge in [0, 0.05) is 55.9 Å². The van der Waals surface area contributed by atoms with Crippen LogP contribution in [-0.2, 0) is 0 Å². The largest absolute Gasteiger partial charge is 0.488 e. The summed E-state index contributed by atoms with van der Waals surface area (Å²) in [6.07, 6.45) is 5.82. The van der Waals surface area contributed by atoms with Crippen molar-refractivity contribution in [3.05, 3.63) is 59.3 Å². The predicted octanol–water partition coefficient (Wildman–Crippen LogP) is 3.47. The lowest BCUT2D eigenvalue weighted by atomic mass is 10.0. The van der Waals surface area contributed by atoms with Crippen molar-refractivity contribution < 1.29 is 9.13 Å². The van der Waals surface area contributed by atoms with Crippen molar-refractivity contribution in [2.24, 2.45) is 0 Å². The van der Waals surface area contributed by atoms with Gasteiger partial charge in [-0.25, -0.2) is 9.37 Å². The van der Waals surface area contributed by atoms with Crippen LogP contribution >= 0.6 is 0 Å². The van der Waals surface area contributed by atoms with Crippen LogP contribution in [0.4, 0.5) is 10.1 Å². The van der Waals surface area contributed by atoms with Gasteiger partial charge >= 0.3 is 0 Å². The molecule has 2 aromatic heterocycles. The summed E-state index contributed by atoms with van der Waals surface area (Å²) in [5, 5.41) is 0. The fraction of sp³-hybridized carbons (Fsp3) is 0.318. The van der Waals surface area contributed by atoms with Crippen molar-refractivity contribution in [1.82, 2.24) is 14.3 Å². The van der Waals surface area contributed by atoms with E-state index in [1.165, 1.54) is 0 Å². The normalized spacial score (nSPS) is 17.4. The average molecular weight is 378 g/mol. The van der Waals surface area contributed by atoms with Crippen LogP contribution in [0.15, 0.2) is 36.7 Å². The molecule has 1 fully saturated rings.